The quantitative estimate of drug-likeness (QED) is 0.769. The van der Waals surface area contributed by atoms with Crippen LogP contribution < -0.4 is 0 Å². The fourth-order valence-corrected chi connectivity index (χ4v) is 3.23. The fourth-order valence-electron chi connectivity index (χ4n) is 3.23. The average Bonchev–Trinajstić information content (AvgIpc) is 2.41. The molecule has 1 aromatic rings. The third-order valence-electron chi connectivity index (χ3n) is 4.00. The van der Waals surface area contributed by atoms with Gasteiger partial charge in [-0.3, -0.25) is 0 Å². The molecule has 0 aliphatic heterocycles. The van der Waals surface area contributed by atoms with E-state index < -0.39 is 0 Å². The van der Waals surface area contributed by atoms with Crippen LogP contribution in [0.15, 0.2) is 6.07 Å². The highest BCUT2D eigenvalue weighted by Crippen LogP contribution is 2.31. The van der Waals surface area contributed by atoms with Crippen molar-refractivity contribution >= 4 is 0 Å². The molecule has 0 saturated carbocycles. The van der Waals surface area contributed by atoms with Gasteiger partial charge in [-0.15, -0.1) is 0 Å². The highest BCUT2D eigenvalue weighted by atomic mass is 14.3. The van der Waals surface area contributed by atoms with Crippen LogP contribution in [-0.2, 0) is 25.7 Å². The van der Waals surface area contributed by atoms with E-state index in [1.165, 1.54) is 48.8 Å². The molecular formula is C17H23N. The van der Waals surface area contributed by atoms with E-state index in [1.54, 1.807) is 5.56 Å². The number of aryl methyl sites for hydroxylation is 1. The molecule has 1 aliphatic carbocycles. The molecule has 0 unspecified atom stereocenters. The lowest BCUT2D eigenvalue weighted by atomic mass is 9.81. The predicted molar refractivity (Wildman–Crippen MR) is 75.8 cm³/mol. The topological polar surface area (TPSA) is 23.8 Å². The lowest BCUT2D eigenvalue weighted by molar-refractivity contribution is 0.666. The van der Waals surface area contributed by atoms with Gasteiger partial charge in [0.2, 0.25) is 0 Å². The number of benzene rings is 1. The molecule has 0 heterocycles. The molecular weight excluding hydrogens is 218 g/mol. The predicted octanol–water partition coefficient (Wildman–Crippen LogP) is 4.34. The standard InChI is InChI=1S/C17H23N/c1-3-7-13-11-14(12-18)15(8-4-2)17-10-6-5-9-16(13)17/h11H,3-10H2,1-2H3. The molecule has 0 aromatic heterocycles. The van der Waals surface area contributed by atoms with Crippen molar-refractivity contribution in [2.45, 2.75) is 65.2 Å². The summed E-state index contributed by atoms with van der Waals surface area (Å²) in [5.74, 6) is 0. The minimum absolute atomic E-state index is 0.945. The first kappa shape index (κ1) is 13.1. The molecule has 1 aromatic carbocycles. The second-order valence-electron chi connectivity index (χ2n) is 5.34. The molecule has 0 N–H and O–H groups in total. The first-order valence-electron chi connectivity index (χ1n) is 7.38. The van der Waals surface area contributed by atoms with Crippen molar-refractivity contribution in [3.05, 3.63) is 33.9 Å². The van der Waals surface area contributed by atoms with Gasteiger partial charge >= 0.3 is 0 Å². The third kappa shape index (κ3) is 2.43. The van der Waals surface area contributed by atoms with Crippen LogP contribution in [0, 0.1) is 11.3 Å². The van der Waals surface area contributed by atoms with Crippen molar-refractivity contribution in [2.75, 3.05) is 0 Å². The van der Waals surface area contributed by atoms with Crippen molar-refractivity contribution in [2.24, 2.45) is 0 Å². The van der Waals surface area contributed by atoms with Crippen LogP contribution in [0.5, 0.6) is 0 Å². The summed E-state index contributed by atoms with van der Waals surface area (Å²) in [5.41, 5.74) is 6.87. The highest BCUT2D eigenvalue weighted by Gasteiger charge is 2.19. The summed E-state index contributed by atoms with van der Waals surface area (Å²) in [4.78, 5) is 0. The van der Waals surface area contributed by atoms with Gasteiger partial charge in [-0.2, -0.15) is 5.26 Å². The van der Waals surface area contributed by atoms with E-state index in [0.29, 0.717) is 0 Å². The molecule has 0 amide bonds. The van der Waals surface area contributed by atoms with Crippen LogP contribution >= 0.6 is 0 Å². The van der Waals surface area contributed by atoms with Gasteiger partial charge in [0.25, 0.3) is 0 Å². The molecule has 0 spiro atoms. The normalized spacial score (nSPS) is 14.1. The molecule has 0 atom stereocenters. The number of rotatable bonds is 4. The van der Waals surface area contributed by atoms with Crippen molar-refractivity contribution in [1.82, 2.24) is 0 Å². The Morgan fingerprint density at radius 2 is 1.72 bits per heavy atom. The van der Waals surface area contributed by atoms with Crippen molar-refractivity contribution < 1.29 is 0 Å². The molecule has 0 bridgehead atoms. The summed E-state index contributed by atoms with van der Waals surface area (Å²) in [6.45, 7) is 4.43. The van der Waals surface area contributed by atoms with Crippen molar-refractivity contribution in [3.63, 3.8) is 0 Å². The summed E-state index contributed by atoms with van der Waals surface area (Å²) < 4.78 is 0. The van der Waals surface area contributed by atoms with Crippen LogP contribution in [0.3, 0.4) is 0 Å². The minimum atomic E-state index is 0.945. The van der Waals surface area contributed by atoms with E-state index in [9.17, 15) is 5.26 Å². The van der Waals surface area contributed by atoms with E-state index >= 15 is 0 Å². The maximum Gasteiger partial charge on any atom is 0.0994 e. The Morgan fingerprint density at radius 1 is 1.06 bits per heavy atom. The SMILES string of the molecule is CCCc1cc(C#N)c(CCC)c2c1CCCC2. The number of fused-ring (bicyclic) bond motifs is 1. The van der Waals surface area contributed by atoms with E-state index in [4.69, 9.17) is 0 Å². The Morgan fingerprint density at radius 3 is 2.33 bits per heavy atom. The van der Waals surface area contributed by atoms with Gasteiger partial charge in [-0.05, 0) is 66.8 Å². The Hall–Kier alpha value is -1.29. The van der Waals surface area contributed by atoms with Gasteiger partial charge in [0.15, 0.2) is 0 Å². The monoisotopic (exact) mass is 241 g/mol. The zero-order chi connectivity index (χ0) is 13.0. The smallest absolute Gasteiger partial charge is 0.0994 e. The average molecular weight is 241 g/mol. The molecule has 1 heteroatoms. The van der Waals surface area contributed by atoms with E-state index in [0.717, 1.165) is 24.8 Å². The highest BCUT2D eigenvalue weighted by molar-refractivity contribution is 5.52. The Kier molecular flexibility index (Phi) is 4.42. The largest absolute Gasteiger partial charge is 0.192 e. The molecule has 1 aliphatic rings. The summed E-state index contributed by atoms with van der Waals surface area (Å²) in [5, 5.41) is 9.39. The van der Waals surface area contributed by atoms with Gasteiger partial charge in [0, 0.05) is 0 Å². The van der Waals surface area contributed by atoms with Gasteiger partial charge in [0.1, 0.15) is 0 Å². The van der Waals surface area contributed by atoms with Gasteiger partial charge < -0.3 is 0 Å². The minimum Gasteiger partial charge on any atom is -0.192 e. The Bertz CT molecular complexity index is 465. The van der Waals surface area contributed by atoms with Crippen LogP contribution in [-0.4, -0.2) is 0 Å². The first-order valence-corrected chi connectivity index (χ1v) is 7.38. The van der Waals surface area contributed by atoms with Gasteiger partial charge in [-0.1, -0.05) is 26.7 Å². The Balaban J connectivity index is 2.56. The van der Waals surface area contributed by atoms with E-state index in [1.807, 2.05) is 0 Å². The maximum atomic E-state index is 9.39. The first-order chi connectivity index (χ1) is 8.81. The summed E-state index contributed by atoms with van der Waals surface area (Å²) in [6, 6.07) is 4.61. The zero-order valence-corrected chi connectivity index (χ0v) is 11.7. The van der Waals surface area contributed by atoms with E-state index in [2.05, 4.69) is 26.0 Å². The lowest BCUT2D eigenvalue weighted by Crippen LogP contribution is -2.12. The van der Waals surface area contributed by atoms with Crippen LogP contribution in [0.1, 0.15) is 67.3 Å². The summed E-state index contributed by atoms with van der Waals surface area (Å²) in [7, 11) is 0. The third-order valence-corrected chi connectivity index (χ3v) is 4.00. The second kappa shape index (κ2) is 6.05. The summed E-state index contributed by atoms with van der Waals surface area (Å²) >= 11 is 0. The fraction of sp³-hybridized carbons (Fsp3) is 0.588. The zero-order valence-electron chi connectivity index (χ0n) is 11.7. The molecule has 18 heavy (non-hydrogen) atoms. The van der Waals surface area contributed by atoms with Gasteiger partial charge in [0.05, 0.1) is 11.6 Å². The molecule has 2 rings (SSSR count). The molecule has 0 saturated heterocycles. The molecule has 96 valence electrons. The Labute approximate surface area is 111 Å². The molecule has 0 radical (unpaired) electrons. The maximum absolute atomic E-state index is 9.39. The molecule has 1 nitrogen and oxygen atoms in total. The van der Waals surface area contributed by atoms with E-state index in [-0.39, 0.29) is 0 Å². The number of hydrogen-bond acceptors (Lipinski definition) is 1. The van der Waals surface area contributed by atoms with Crippen LogP contribution in [0.4, 0.5) is 0 Å². The van der Waals surface area contributed by atoms with Gasteiger partial charge in [-0.25, -0.2) is 0 Å². The molecule has 0 fully saturated rings. The number of nitriles is 1. The van der Waals surface area contributed by atoms with Crippen molar-refractivity contribution in [3.8, 4) is 6.07 Å². The number of nitrogens with zero attached hydrogens (tertiary/aromatic N) is 1. The van der Waals surface area contributed by atoms with Crippen LogP contribution in [0.2, 0.25) is 0 Å². The number of hydrogen-bond donors (Lipinski definition) is 0. The van der Waals surface area contributed by atoms with Crippen molar-refractivity contribution in [1.29, 1.82) is 5.26 Å². The second-order valence-corrected chi connectivity index (χ2v) is 5.34. The lowest BCUT2D eigenvalue weighted by Gasteiger charge is -2.24. The van der Waals surface area contributed by atoms with Crippen LogP contribution in [0.25, 0.3) is 0 Å². The summed E-state index contributed by atoms with van der Waals surface area (Å²) in [6.07, 6.45) is 9.54.